The van der Waals surface area contributed by atoms with Gasteiger partial charge in [0.25, 0.3) is 5.69 Å². The quantitative estimate of drug-likeness (QED) is 0.505. The van der Waals surface area contributed by atoms with Gasteiger partial charge in [-0.2, -0.15) is 0 Å². The average molecular weight is 298 g/mol. The van der Waals surface area contributed by atoms with Gasteiger partial charge in [-0.05, 0) is 18.2 Å². The van der Waals surface area contributed by atoms with E-state index in [-0.39, 0.29) is 11.4 Å². The van der Waals surface area contributed by atoms with Gasteiger partial charge in [-0.15, -0.1) is 0 Å². The lowest BCUT2D eigenvalue weighted by atomic mass is 10.2. The minimum absolute atomic E-state index is 0.106. The van der Waals surface area contributed by atoms with Crippen molar-refractivity contribution in [2.75, 3.05) is 11.1 Å². The monoisotopic (exact) mass is 297 g/mol. The van der Waals surface area contributed by atoms with E-state index in [9.17, 15) is 10.1 Å². The summed E-state index contributed by atoms with van der Waals surface area (Å²) < 4.78 is 0. The lowest BCUT2D eigenvalue weighted by molar-refractivity contribution is -0.384. The topological polar surface area (TPSA) is 81.2 Å². The zero-order valence-corrected chi connectivity index (χ0v) is 11.1. The second-order valence-corrected chi connectivity index (χ2v) is 4.61. The molecule has 2 aromatic carbocycles. The molecule has 0 atom stereocenters. The van der Waals surface area contributed by atoms with E-state index in [4.69, 9.17) is 28.9 Å². The first-order chi connectivity index (χ1) is 8.97. The number of para-hydroxylation sites is 1. The smallest absolute Gasteiger partial charge is 0.273 e. The van der Waals surface area contributed by atoms with Crippen molar-refractivity contribution in [1.29, 1.82) is 0 Å². The summed E-state index contributed by atoms with van der Waals surface area (Å²) in [5.74, 6) is 0. The van der Waals surface area contributed by atoms with Crippen molar-refractivity contribution in [3.63, 3.8) is 0 Å². The van der Waals surface area contributed by atoms with Crippen molar-refractivity contribution < 1.29 is 4.92 Å². The van der Waals surface area contributed by atoms with E-state index in [0.29, 0.717) is 21.4 Å². The second-order valence-electron chi connectivity index (χ2n) is 3.79. The second kappa shape index (κ2) is 5.34. The van der Waals surface area contributed by atoms with Crippen LogP contribution in [0.15, 0.2) is 36.4 Å². The molecular formula is C12H9Cl2N3O2. The molecule has 0 saturated heterocycles. The highest BCUT2D eigenvalue weighted by atomic mass is 35.5. The summed E-state index contributed by atoms with van der Waals surface area (Å²) in [5.41, 5.74) is 6.71. The third kappa shape index (κ3) is 3.07. The van der Waals surface area contributed by atoms with Crippen LogP contribution in [-0.4, -0.2) is 4.92 Å². The van der Waals surface area contributed by atoms with Gasteiger partial charge >= 0.3 is 0 Å². The summed E-state index contributed by atoms with van der Waals surface area (Å²) in [6.45, 7) is 0. The molecule has 3 N–H and O–H groups in total. The molecule has 0 fully saturated rings. The minimum atomic E-state index is -0.518. The van der Waals surface area contributed by atoms with Gasteiger partial charge in [0.05, 0.1) is 20.7 Å². The van der Waals surface area contributed by atoms with Crippen molar-refractivity contribution >= 4 is 46.0 Å². The number of rotatable bonds is 3. The minimum Gasteiger partial charge on any atom is -0.398 e. The Morgan fingerprint density at radius 3 is 2.37 bits per heavy atom. The third-order valence-corrected chi connectivity index (χ3v) is 3.01. The van der Waals surface area contributed by atoms with Crippen LogP contribution in [0.1, 0.15) is 0 Å². The molecule has 0 aliphatic heterocycles. The highest BCUT2D eigenvalue weighted by molar-refractivity contribution is 6.39. The van der Waals surface area contributed by atoms with E-state index >= 15 is 0 Å². The molecule has 2 rings (SSSR count). The number of nitrogens with zero attached hydrogens (tertiary/aromatic N) is 1. The molecule has 0 bridgehead atoms. The molecule has 2 aromatic rings. The molecule has 0 unspecified atom stereocenters. The zero-order chi connectivity index (χ0) is 14.0. The molecule has 0 aliphatic carbocycles. The van der Waals surface area contributed by atoms with Crippen molar-refractivity contribution in [3.05, 3.63) is 56.6 Å². The molecule has 0 aliphatic rings. The molecule has 0 amide bonds. The van der Waals surface area contributed by atoms with Gasteiger partial charge in [0.2, 0.25) is 0 Å². The maximum atomic E-state index is 10.8. The number of non-ortho nitro benzene ring substituents is 1. The van der Waals surface area contributed by atoms with E-state index in [1.54, 1.807) is 24.3 Å². The highest BCUT2D eigenvalue weighted by Gasteiger charge is 2.11. The van der Waals surface area contributed by atoms with E-state index in [1.165, 1.54) is 12.1 Å². The van der Waals surface area contributed by atoms with Crippen LogP contribution in [-0.2, 0) is 0 Å². The maximum absolute atomic E-state index is 10.8. The molecule has 0 saturated carbocycles. The average Bonchev–Trinajstić information content (AvgIpc) is 2.33. The number of nitrogens with two attached hydrogens (primary N) is 1. The molecule has 19 heavy (non-hydrogen) atoms. The molecule has 0 radical (unpaired) electrons. The molecule has 0 aromatic heterocycles. The number of nitro benzene ring substituents is 1. The van der Waals surface area contributed by atoms with E-state index < -0.39 is 4.92 Å². The van der Waals surface area contributed by atoms with E-state index in [0.717, 1.165) is 0 Å². The summed E-state index contributed by atoms with van der Waals surface area (Å²) in [4.78, 5) is 10.2. The maximum Gasteiger partial charge on any atom is 0.273 e. The van der Waals surface area contributed by atoms with Crippen LogP contribution in [0.4, 0.5) is 22.7 Å². The molecule has 98 valence electrons. The van der Waals surface area contributed by atoms with Crippen molar-refractivity contribution in [3.8, 4) is 0 Å². The van der Waals surface area contributed by atoms with Crippen LogP contribution in [0.2, 0.25) is 10.0 Å². The third-order valence-electron chi connectivity index (χ3n) is 2.38. The van der Waals surface area contributed by atoms with Gasteiger partial charge in [0, 0.05) is 23.5 Å². The lowest BCUT2D eigenvalue weighted by Gasteiger charge is -2.10. The number of anilines is 3. The number of nitrogens with one attached hydrogen (secondary N) is 1. The van der Waals surface area contributed by atoms with Crippen LogP contribution in [0.5, 0.6) is 0 Å². The van der Waals surface area contributed by atoms with Crippen molar-refractivity contribution in [1.82, 2.24) is 0 Å². The first-order valence-corrected chi connectivity index (χ1v) is 5.99. The van der Waals surface area contributed by atoms with Gasteiger partial charge in [-0.3, -0.25) is 10.1 Å². The van der Waals surface area contributed by atoms with Gasteiger partial charge in [-0.25, -0.2) is 0 Å². The summed E-state index contributed by atoms with van der Waals surface area (Å²) in [6.07, 6.45) is 0. The number of hydrogen-bond donors (Lipinski definition) is 2. The fraction of sp³-hybridized carbons (Fsp3) is 0. The first-order valence-electron chi connectivity index (χ1n) is 5.23. The molecule has 0 heterocycles. The van der Waals surface area contributed by atoms with Crippen molar-refractivity contribution in [2.24, 2.45) is 0 Å². The van der Waals surface area contributed by atoms with Gasteiger partial charge in [-0.1, -0.05) is 29.3 Å². The largest absolute Gasteiger partial charge is 0.398 e. The molecule has 5 nitrogen and oxygen atoms in total. The van der Waals surface area contributed by atoms with Gasteiger partial charge in [0.15, 0.2) is 0 Å². The molecule has 7 heteroatoms. The molecule has 0 spiro atoms. The highest BCUT2D eigenvalue weighted by Crippen LogP contribution is 2.34. The SMILES string of the molecule is Nc1cc(Nc2c(Cl)cccc2Cl)cc([N+](=O)[O-])c1. The lowest BCUT2D eigenvalue weighted by Crippen LogP contribution is -1.97. The van der Waals surface area contributed by atoms with Crippen LogP contribution in [0.25, 0.3) is 0 Å². The Labute approximate surface area is 119 Å². The number of nitrogen functional groups attached to an aromatic ring is 1. The summed E-state index contributed by atoms with van der Waals surface area (Å²) in [5, 5.41) is 14.5. The van der Waals surface area contributed by atoms with E-state index in [1.807, 2.05) is 0 Å². The fourth-order valence-corrected chi connectivity index (χ4v) is 2.07. The van der Waals surface area contributed by atoms with Crippen LogP contribution in [0, 0.1) is 10.1 Å². The van der Waals surface area contributed by atoms with Gasteiger partial charge in [0.1, 0.15) is 0 Å². The Balaban J connectivity index is 2.41. The number of halogens is 2. The Bertz CT molecular complexity index is 627. The Morgan fingerprint density at radius 2 is 1.79 bits per heavy atom. The van der Waals surface area contributed by atoms with Crippen LogP contribution < -0.4 is 11.1 Å². The normalized spacial score (nSPS) is 10.2. The predicted molar refractivity (Wildman–Crippen MR) is 77.3 cm³/mol. The number of hydrogen-bond acceptors (Lipinski definition) is 4. The Morgan fingerprint density at radius 1 is 1.16 bits per heavy atom. The standard InChI is InChI=1S/C12H9Cl2N3O2/c13-10-2-1-3-11(14)12(10)16-8-4-7(15)5-9(6-8)17(18)19/h1-6,16H,15H2. The zero-order valence-electron chi connectivity index (χ0n) is 9.56. The first kappa shape index (κ1) is 13.5. The fourth-order valence-electron chi connectivity index (χ4n) is 1.57. The summed E-state index contributed by atoms with van der Waals surface area (Å²) in [7, 11) is 0. The summed E-state index contributed by atoms with van der Waals surface area (Å²) >= 11 is 12.0. The van der Waals surface area contributed by atoms with E-state index in [2.05, 4.69) is 5.32 Å². The van der Waals surface area contributed by atoms with Crippen molar-refractivity contribution in [2.45, 2.75) is 0 Å². The van der Waals surface area contributed by atoms with Crippen LogP contribution in [0.3, 0.4) is 0 Å². The van der Waals surface area contributed by atoms with Gasteiger partial charge < -0.3 is 11.1 Å². The summed E-state index contributed by atoms with van der Waals surface area (Å²) in [6, 6.07) is 9.23. The molecular weight excluding hydrogens is 289 g/mol. The number of benzene rings is 2. The Hall–Kier alpha value is -1.98. The number of nitro groups is 1. The van der Waals surface area contributed by atoms with Crippen LogP contribution >= 0.6 is 23.2 Å². The Kier molecular flexibility index (Phi) is 3.78. The predicted octanol–water partition coefficient (Wildman–Crippen LogP) is 4.23.